The summed E-state index contributed by atoms with van der Waals surface area (Å²) in [5.74, 6) is -0.821. The second kappa shape index (κ2) is 4.64. The number of carbonyl (C=O) groups excluding carboxylic acids is 2. The van der Waals surface area contributed by atoms with Gasteiger partial charge in [0.15, 0.2) is 0 Å². The molecule has 0 spiro atoms. The van der Waals surface area contributed by atoms with Crippen molar-refractivity contribution < 1.29 is 14.3 Å². The Hall–Kier alpha value is -1.06. The first kappa shape index (κ1) is 13.9. The fourth-order valence-corrected chi connectivity index (χ4v) is 0.914. The Bertz CT molecular complexity index is 251. The number of rotatable bonds is 3. The van der Waals surface area contributed by atoms with Gasteiger partial charge in [0.2, 0.25) is 5.91 Å². The molecule has 0 rings (SSSR count). The maximum absolute atomic E-state index is 11.7. The lowest BCUT2D eigenvalue weighted by Gasteiger charge is -2.24. The molecule has 0 saturated heterocycles. The van der Waals surface area contributed by atoms with Crippen molar-refractivity contribution in [3.63, 3.8) is 0 Å². The quantitative estimate of drug-likeness (QED) is 0.571. The van der Waals surface area contributed by atoms with E-state index in [1.165, 1.54) is 7.11 Å². The van der Waals surface area contributed by atoms with Gasteiger partial charge in [0, 0.05) is 6.54 Å². The minimum atomic E-state index is -1.13. The molecule has 0 aromatic carbocycles. The van der Waals surface area contributed by atoms with E-state index >= 15 is 0 Å². The maximum Gasteiger partial charge on any atom is 0.320 e. The van der Waals surface area contributed by atoms with Crippen LogP contribution in [0.15, 0.2) is 0 Å². The number of hydrogen-bond donors (Lipinski definition) is 1. The van der Waals surface area contributed by atoms with Crippen molar-refractivity contribution in [2.75, 3.05) is 13.7 Å². The van der Waals surface area contributed by atoms with E-state index < -0.39 is 11.4 Å². The maximum atomic E-state index is 11.7. The zero-order chi connectivity index (χ0) is 12.3. The summed E-state index contributed by atoms with van der Waals surface area (Å²) < 4.78 is 4.57. The number of amides is 1. The average molecular weight is 215 g/mol. The van der Waals surface area contributed by atoms with Gasteiger partial charge in [0.25, 0.3) is 0 Å². The third-order valence-electron chi connectivity index (χ3n) is 2.04. The molecule has 1 N–H and O–H groups in total. The molecule has 1 amide bonds. The molecule has 0 heterocycles. The van der Waals surface area contributed by atoms with Gasteiger partial charge in [-0.3, -0.25) is 9.59 Å². The molecule has 0 radical (unpaired) electrons. The molecule has 4 heteroatoms. The minimum Gasteiger partial charge on any atom is -0.468 e. The Labute approximate surface area is 91.4 Å². The highest BCUT2D eigenvalue weighted by Gasteiger charge is 2.37. The summed E-state index contributed by atoms with van der Waals surface area (Å²) in [5.41, 5.74) is -1.12. The molecule has 0 aliphatic rings. The second-order valence-electron chi connectivity index (χ2n) is 5.36. The van der Waals surface area contributed by atoms with E-state index in [2.05, 4.69) is 10.1 Å². The lowest BCUT2D eigenvalue weighted by atomic mass is 9.91. The molecule has 0 aromatic rings. The van der Waals surface area contributed by atoms with Gasteiger partial charge in [-0.15, -0.1) is 0 Å². The number of ether oxygens (including phenoxy) is 1. The Morgan fingerprint density at radius 2 is 1.60 bits per heavy atom. The molecule has 15 heavy (non-hydrogen) atoms. The molecule has 0 aromatic heterocycles. The van der Waals surface area contributed by atoms with Gasteiger partial charge in [-0.25, -0.2) is 0 Å². The van der Waals surface area contributed by atoms with E-state index in [9.17, 15) is 9.59 Å². The highest BCUT2D eigenvalue weighted by atomic mass is 16.5. The van der Waals surface area contributed by atoms with Crippen molar-refractivity contribution in [2.45, 2.75) is 34.6 Å². The van der Waals surface area contributed by atoms with Crippen molar-refractivity contribution in [1.82, 2.24) is 5.32 Å². The van der Waals surface area contributed by atoms with Crippen LogP contribution in [0.3, 0.4) is 0 Å². The summed E-state index contributed by atoms with van der Waals surface area (Å²) in [6.45, 7) is 9.68. The summed E-state index contributed by atoms with van der Waals surface area (Å²) in [6.07, 6.45) is 0. The SMILES string of the molecule is COC(=O)C(C)(C)C(=O)NCC(C)(C)C. The predicted molar refractivity (Wildman–Crippen MR) is 58.3 cm³/mol. The predicted octanol–water partition coefficient (Wildman–Crippen LogP) is 1.35. The summed E-state index contributed by atoms with van der Waals surface area (Å²) in [7, 11) is 1.28. The molecule has 88 valence electrons. The lowest BCUT2D eigenvalue weighted by molar-refractivity contribution is -0.156. The average Bonchev–Trinajstić information content (AvgIpc) is 2.11. The molecule has 0 aliphatic heterocycles. The zero-order valence-corrected chi connectivity index (χ0v) is 10.4. The van der Waals surface area contributed by atoms with E-state index in [0.717, 1.165) is 0 Å². The monoisotopic (exact) mass is 215 g/mol. The second-order valence-corrected chi connectivity index (χ2v) is 5.36. The van der Waals surface area contributed by atoms with Crippen LogP contribution in [0.2, 0.25) is 0 Å². The van der Waals surface area contributed by atoms with Crippen LogP contribution in [-0.2, 0) is 14.3 Å². The van der Waals surface area contributed by atoms with Gasteiger partial charge in [0.05, 0.1) is 7.11 Å². The number of carbonyl (C=O) groups is 2. The Kier molecular flexibility index (Phi) is 4.31. The Morgan fingerprint density at radius 3 is 1.93 bits per heavy atom. The van der Waals surface area contributed by atoms with Gasteiger partial charge >= 0.3 is 5.97 Å². The largest absolute Gasteiger partial charge is 0.468 e. The molecule has 0 fully saturated rings. The third-order valence-corrected chi connectivity index (χ3v) is 2.04. The molecule has 0 unspecified atom stereocenters. The number of methoxy groups -OCH3 is 1. The molecular formula is C11H21NO3. The standard InChI is InChI=1S/C11H21NO3/c1-10(2,3)7-12-8(13)11(4,5)9(14)15-6/h7H2,1-6H3,(H,12,13). The molecule has 0 atom stereocenters. The van der Waals surface area contributed by atoms with Crippen LogP contribution in [0.1, 0.15) is 34.6 Å². The number of hydrogen-bond acceptors (Lipinski definition) is 3. The molecule has 0 aliphatic carbocycles. The zero-order valence-electron chi connectivity index (χ0n) is 10.4. The molecule has 4 nitrogen and oxygen atoms in total. The van der Waals surface area contributed by atoms with E-state index in [-0.39, 0.29) is 11.3 Å². The van der Waals surface area contributed by atoms with Crippen LogP contribution in [0, 0.1) is 10.8 Å². The van der Waals surface area contributed by atoms with E-state index in [0.29, 0.717) is 6.54 Å². The van der Waals surface area contributed by atoms with Crippen molar-refractivity contribution in [1.29, 1.82) is 0 Å². The molecule has 0 saturated carbocycles. The van der Waals surface area contributed by atoms with Crippen molar-refractivity contribution in [2.24, 2.45) is 10.8 Å². The third kappa shape index (κ3) is 4.32. The lowest BCUT2D eigenvalue weighted by Crippen LogP contribution is -2.45. The summed E-state index contributed by atoms with van der Waals surface area (Å²) in [5, 5.41) is 2.74. The number of nitrogens with one attached hydrogen (secondary N) is 1. The first-order chi connectivity index (χ1) is 6.61. The van der Waals surface area contributed by atoms with Gasteiger partial charge in [-0.05, 0) is 19.3 Å². The van der Waals surface area contributed by atoms with E-state index in [1.807, 2.05) is 20.8 Å². The van der Waals surface area contributed by atoms with Crippen molar-refractivity contribution in [3.8, 4) is 0 Å². The smallest absolute Gasteiger partial charge is 0.320 e. The first-order valence-corrected chi connectivity index (χ1v) is 4.98. The Morgan fingerprint density at radius 1 is 1.13 bits per heavy atom. The van der Waals surface area contributed by atoms with E-state index in [1.54, 1.807) is 13.8 Å². The van der Waals surface area contributed by atoms with Gasteiger partial charge in [-0.1, -0.05) is 20.8 Å². The minimum absolute atomic E-state index is 0.00184. The summed E-state index contributed by atoms with van der Waals surface area (Å²) in [6, 6.07) is 0. The molecular weight excluding hydrogens is 194 g/mol. The molecule has 0 bridgehead atoms. The van der Waals surface area contributed by atoms with Crippen LogP contribution in [-0.4, -0.2) is 25.5 Å². The van der Waals surface area contributed by atoms with Crippen molar-refractivity contribution in [3.05, 3.63) is 0 Å². The fraction of sp³-hybridized carbons (Fsp3) is 0.818. The first-order valence-electron chi connectivity index (χ1n) is 4.98. The summed E-state index contributed by atoms with van der Waals surface area (Å²) >= 11 is 0. The van der Waals surface area contributed by atoms with Crippen LogP contribution in [0.4, 0.5) is 0 Å². The van der Waals surface area contributed by atoms with Crippen LogP contribution < -0.4 is 5.32 Å². The van der Waals surface area contributed by atoms with Crippen LogP contribution in [0.25, 0.3) is 0 Å². The van der Waals surface area contributed by atoms with Crippen LogP contribution >= 0.6 is 0 Å². The highest BCUT2D eigenvalue weighted by Crippen LogP contribution is 2.18. The summed E-state index contributed by atoms with van der Waals surface area (Å²) in [4.78, 5) is 23.0. The van der Waals surface area contributed by atoms with Crippen LogP contribution in [0.5, 0.6) is 0 Å². The normalized spacial score (nSPS) is 12.1. The van der Waals surface area contributed by atoms with Gasteiger partial charge < -0.3 is 10.1 Å². The fourth-order valence-electron chi connectivity index (χ4n) is 0.914. The highest BCUT2D eigenvalue weighted by molar-refractivity contribution is 6.01. The number of esters is 1. The Balaban J connectivity index is 4.39. The van der Waals surface area contributed by atoms with Gasteiger partial charge in [-0.2, -0.15) is 0 Å². The van der Waals surface area contributed by atoms with Gasteiger partial charge in [0.1, 0.15) is 5.41 Å². The topological polar surface area (TPSA) is 55.4 Å². The van der Waals surface area contributed by atoms with Crippen molar-refractivity contribution >= 4 is 11.9 Å². The van der Waals surface area contributed by atoms with E-state index in [4.69, 9.17) is 0 Å².